The van der Waals surface area contributed by atoms with Gasteiger partial charge in [0.15, 0.2) is 0 Å². The third-order valence-electron chi connectivity index (χ3n) is 4.45. The van der Waals surface area contributed by atoms with E-state index in [2.05, 4.69) is 45.1 Å². The molecule has 1 aliphatic heterocycles. The highest BCUT2D eigenvalue weighted by atomic mass is 16.2. The lowest BCUT2D eigenvalue weighted by atomic mass is 9.91. The van der Waals surface area contributed by atoms with Gasteiger partial charge in [0.2, 0.25) is 11.8 Å². The summed E-state index contributed by atoms with van der Waals surface area (Å²) in [6.45, 7) is 9.52. The van der Waals surface area contributed by atoms with E-state index in [0.29, 0.717) is 13.0 Å². The second-order valence-electron chi connectivity index (χ2n) is 7.88. The van der Waals surface area contributed by atoms with E-state index in [0.717, 1.165) is 45.3 Å². The molecule has 0 aromatic carbocycles. The number of carbonyl (C=O) groups is 2. The lowest BCUT2D eigenvalue weighted by Gasteiger charge is -2.33. The number of unbranched alkanes of at least 4 members (excludes halogenated alkanes) is 1. The Bertz CT molecular complexity index is 386. The summed E-state index contributed by atoms with van der Waals surface area (Å²) in [6.07, 6.45) is 4.23. The zero-order valence-electron chi connectivity index (χ0n) is 15.7. The molecule has 1 fully saturated rings. The maximum atomic E-state index is 12.4. The van der Waals surface area contributed by atoms with E-state index < -0.39 is 0 Å². The third-order valence-corrected chi connectivity index (χ3v) is 4.45. The standard InChI is InChI=1S/C18H35N3O2/c1-6-7-8-16(22)21-11-9-15(10-12-21)17(23)19-13-18(2,3)14-20(4)5/h15H,6-14H2,1-5H3,(H,19,23). The average molecular weight is 325 g/mol. The van der Waals surface area contributed by atoms with Crippen molar-refractivity contribution in [2.45, 2.75) is 52.9 Å². The minimum absolute atomic E-state index is 0.0559. The molecular weight excluding hydrogens is 290 g/mol. The van der Waals surface area contributed by atoms with Gasteiger partial charge in [-0.3, -0.25) is 9.59 Å². The summed E-state index contributed by atoms with van der Waals surface area (Å²) in [6, 6.07) is 0. The van der Waals surface area contributed by atoms with Crippen LogP contribution in [0.2, 0.25) is 0 Å². The van der Waals surface area contributed by atoms with Crippen LogP contribution in [0.1, 0.15) is 52.9 Å². The second kappa shape index (κ2) is 9.26. The molecule has 134 valence electrons. The molecule has 0 aromatic rings. The van der Waals surface area contributed by atoms with Crippen molar-refractivity contribution in [3.8, 4) is 0 Å². The molecule has 2 amide bonds. The molecule has 5 nitrogen and oxygen atoms in total. The lowest BCUT2D eigenvalue weighted by Crippen LogP contribution is -2.46. The number of hydrogen-bond acceptors (Lipinski definition) is 3. The van der Waals surface area contributed by atoms with E-state index >= 15 is 0 Å². The lowest BCUT2D eigenvalue weighted by molar-refractivity contribution is -0.135. The topological polar surface area (TPSA) is 52.7 Å². The Morgan fingerprint density at radius 3 is 2.35 bits per heavy atom. The number of likely N-dealkylation sites (tertiary alicyclic amines) is 1. The maximum Gasteiger partial charge on any atom is 0.223 e. The van der Waals surface area contributed by atoms with E-state index in [4.69, 9.17) is 0 Å². The largest absolute Gasteiger partial charge is 0.355 e. The molecule has 0 aromatic heterocycles. The third kappa shape index (κ3) is 7.34. The van der Waals surface area contributed by atoms with Gasteiger partial charge in [-0.05, 0) is 38.8 Å². The van der Waals surface area contributed by atoms with Crippen molar-refractivity contribution in [1.29, 1.82) is 0 Å². The Morgan fingerprint density at radius 2 is 1.83 bits per heavy atom. The van der Waals surface area contributed by atoms with Gasteiger partial charge in [-0.1, -0.05) is 27.2 Å². The summed E-state index contributed by atoms with van der Waals surface area (Å²) >= 11 is 0. The first-order valence-electron chi connectivity index (χ1n) is 8.95. The van der Waals surface area contributed by atoms with Crippen LogP contribution >= 0.6 is 0 Å². The van der Waals surface area contributed by atoms with Gasteiger partial charge in [0.05, 0.1) is 0 Å². The Kier molecular flexibility index (Phi) is 8.03. The molecular formula is C18H35N3O2. The second-order valence-corrected chi connectivity index (χ2v) is 7.88. The van der Waals surface area contributed by atoms with E-state index in [9.17, 15) is 9.59 Å². The maximum absolute atomic E-state index is 12.4. The minimum atomic E-state index is 0.0559. The van der Waals surface area contributed by atoms with Crippen LogP contribution in [0.5, 0.6) is 0 Å². The van der Waals surface area contributed by atoms with Gasteiger partial charge in [-0.2, -0.15) is 0 Å². The molecule has 0 bridgehead atoms. The van der Waals surface area contributed by atoms with Gasteiger partial charge in [0, 0.05) is 38.5 Å². The molecule has 0 aliphatic carbocycles. The molecule has 0 atom stereocenters. The zero-order chi connectivity index (χ0) is 17.5. The van der Waals surface area contributed by atoms with Gasteiger partial charge >= 0.3 is 0 Å². The fourth-order valence-electron chi connectivity index (χ4n) is 3.26. The predicted molar refractivity (Wildman–Crippen MR) is 94.2 cm³/mol. The number of rotatable bonds is 8. The Balaban J connectivity index is 2.33. The van der Waals surface area contributed by atoms with Crippen LogP contribution in [0, 0.1) is 11.3 Å². The van der Waals surface area contributed by atoms with Crippen molar-refractivity contribution >= 4 is 11.8 Å². The summed E-state index contributed by atoms with van der Waals surface area (Å²) in [7, 11) is 4.10. The molecule has 1 rings (SSSR count). The van der Waals surface area contributed by atoms with E-state index in [1.54, 1.807) is 0 Å². The average Bonchev–Trinajstić information content (AvgIpc) is 2.49. The minimum Gasteiger partial charge on any atom is -0.355 e. The zero-order valence-corrected chi connectivity index (χ0v) is 15.7. The summed E-state index contributed by atoms with van der Waals surface area (Å²) in [4.78, 5) is 28.4. The molecule has 1 N–H and O–H groups in total. The van der Waals surface area contributed by atoms with Crippen LogP contribution in [-0.4, -0.2) is 61.9 Å². The first-order valence-corrected chi connectivity index (χ1v) is 8.95. The van der Waals surface area contributed by atoms with Crippen LogP contribution in [0.4, 0.5) is 0 Å². The first-order chi connectivity index (χ1) is 10.7. The smallest absolute Gasteiger partial charge is 0.223 e. The molecule has 23 heavy (non-hydrogen) atoms. The Morgan fingerprint density at radius 1 is 1.22 bits per heavy atom. The number of carbonyl (C=O) groups excluding carboxylic acids is 2. The molecule has 1 heterocycles. The van der Waals surface area contributed by atoms with Gasteiger partial charge < -0.3 is 15.1 Å². The quantitative estimate of drug-likeness (QED) is 0.744. The van der Waals surface area contributed by atoms with Crippen molar-refractivity contribution in [3.63, 3.8) is 0 Å². The highest BCUT2D eigenvalue weighted by Gasteiger charge is 2.28. The van der Waals surface area contributed by atoms with Gasteiger partial charge in [0.25, 0.3) is 0 Å². The van der Waals surface area contributed by atoms with E-state index in [1.165, 1.54) is 0 Å². The highest BCUT2D eigenvalue weighted by molar-refractivity contribution is 5.80. The summed E-state index contributed by atoms with van der Waals surface area (Å²) in [5, 5.41) is 3.11. The number of nitrogens with one attached hydrogen (secondary N) is 1. The molecule has 1 saturated heterocycles. The predicted octanol–water partition coefficient (Wildman–Crippen LogP) is 2.12. The van der Waals surface area contributed by atoms with Crippen molar-refractivity contribution in [1.82, 2.24) is 15.1 Å². The summed E-state index contributed by atoms with van der Waals surface area (Å²) in [5.74, 6) is 0.454. The highest BCUT2D eigenvalue weighted by Crippen LogP contribution is 2.20. The van der Waals surface area contributed by atoms with Crippen molar-refractivity contribution < 1.29 is 9.59 Å². The van der Waals surface area contributed by atoms with Crippen LogP contribution < -0.4 is 5.32 Å². The van der Waals surface area contributed by atoms with Gasteiger partial charge in [-0.25, -0.2) is 0 Å². The Labute approximate surface area is 141 Å². The molecule has 0 spiro atoms. The fraction of sp³-hybridized carbons (Fsp3) is 0.889. The Hall–Kier alpha value is -1.10. The summed E-state index contributed by atoms with van der Waals surface area (Å²) < 4.78 is 0. The van der Waals surface area contributed by atoms with Crippen LogP contribution in [0.25, 0.3) is 0 Å². The molecule has 1 aliphatic rings. The number of nitrogens with zero attached hydrogens (tertiary/aromatic N) is 2. The number of hydrogen-bond donors (Lipinski definition) is 1. The number of amides is 2. The van der Waals surface area contributed by atoms with Gasteiger partial charge in [0.1, 0.15) is 0 Å². The van der Waals surface area contributed by atoms with Crippen LogP contribution in [0.15, 0.2) is 0 Å². The van der Waals surface area contributed by atoms with Crippen LogP contribution in [-0.2, 0) is 9.59 Å². The fourth-order valence-corrected chi connectivity index (χ4v) is 3.26. The molecule has 0 radical (unpaired) electrons. The monoisotopic (exact) mass is 325 g/mol. The van der Waals surface area contributed by atoms with E-state index in [-0.39, 0.29) is 23.1 Å². The molecule has 5 heteroatoms. The molecule has 0 saturated carbocycles. The van der Waals surface area contributed by atoms with Crippen molar-refractivity contribution in [3.05, 3.63) is 0 Å². The van der Waals surface area contributed by atoms with Gasteiger partial charge in [-0.15, -0.1) is 0 Å². The van der Waals surface area contributed by atoms with Crippen molar-refractivity contribution in [2.75, 3.05) is 40.3 Å². The van der Waals surface area contributed by atoms with E-state index in [1.807, 2.05) is 4.90 Å². The van der Waals surface area contributed by atoms with Crippen LogP contribution in [0.3, 0.4) is 0 Å². The van der Waals surface area contributed by atoms with Crippen molar-refractivity contribution in [2.24, 2.45) is 11.3 Å². The summed E-state index contributed by atoms with van der Waals surface area (Å²) in [5.41, 5.74) is 0.0655. The first kappa shape index (κ1) is 19.9. The SMILES string of the molecule is CCCCC(=O)N1CCC(C(=O)NCC(C)(C)CN(C)C)CC1. The normalized spacial score (nSPS) is 16.7. The molecule has 0 unspecified atom stereocenters. The number of piperidine rings is 1.